The highest BCUT2D eigenvalue weighted by atomic mass is 19.1. The number of carbonyl (C=O) groups excluding carboxylic acids is 1. The van der Waals surface area contributed by atoms with E-state index >= 15 is 0 Å². The van der Waals surface area contributed by atoms with Crippen molar-refractivity contribution >= 4 is 34.3 Å². The Labute approximate surface area is 206 Å². The number of hydrogen-bond donors (Lipinski definition) is 2. The van der Waals surface area contributed by atoms with Crippen LogP contribution in [-0.4, -0.2) is 42.5 Å². The first-order valence-corrected chi connectivity index (χ1v) is 11.6. The fraction of sp³-hybridized carbons (Fsp3) is 0.320. The van der Waals surface area contributed by atoms with Crippen LogP contribution in [0.4, 0.5) is 26.1 Å². The second-order valence-electron chi connectivity index (χ2n) is 9.59. The number of anilines is 3. The highest BCUT2D eigenvalue weighted by Gasteiger charge is 2.32. The summed E-state index contributed by atoms with van der Waals surface area (Å²) >= 11 is 0. The largest absolute Gasteiger partial charge is 0.328 e. The number of piperidine rings is 1. The van der Waals surface area contributed by atoms with E-state index in [4.69, 9.17) is 5.73 Å². The van der Waals surface area contributed by atoms with E-state index < -0.39 is 17.3 Å². The van der Waals surface area contributed by atoms with E-state index in [2.05, 4.69) is 25.3 Å². The van der Waals surface area contributed by atoms with Crippen LogP contribution in [0.1, 0.15) is 39.7 Å². The van der Waals surface area contributed by atoms with Gasteiger partial charge in [-0.25, -0.2) is 24.3 Å². The van der Waals surface area contributed by atoms with Crippen molar-refractivity contribution in [3.8, 4) is 11.4 Å². The van der Waals surface area contributed by atoms with Gasteiger partial charge in [-0.1, -0.05) is 0 Å². The third-order valence-electron chi connectivity index (χ3n) is 6.27. The predicted molar refractivity (Wildman–Crippen MR) is 133 cm³/mol. The van der Waals surface area contributed by atoms with Crippen LogP contribution in [0.15, 0.2) is 42.9 Å². The lowest BCUT2D eigenvalue weighted by atomic mass is 9.90. The molecule has 4 aromatic rings. The number of nitrogens with two attached hydrogens (primary N) is 1. The molecule has 1 fully saturated rings. The molecule has 0 aliphatic carbocycles. The van der Waals surface area contributed by atoms with Gasteiger partial charge in [-0.2, -0.15) is 4.39 Å². The number of nitrogens with one attached hydrogen (secondary N) is 1. The van der Waals surface area contributed by atoms with Gasteiger partial charge in [0.2, 0.25) is 17.8 Å². The second kappa shape index (κ2) is 8.90. The molecule has 0 radical (unpaired) electrons. The number of benzene rings is 1. The van der Waals surface area contributed by atoms with Gasteiger partial charge < -0.3 is 20.5 Å². The van der Waals surface area contributed by atoms with Gasteiger partial charge in [-0.05, 0) is 57.5 Å². The molecule has 0 saturated carbocycles. The molecule has 1 unspecified atom stereocenters. The minimum atomic E-state index is -0.695. The zero-order valence-electron chi connectivity index (χ0n) is 20.2. The van der Waals surface area contributed by atoms with Crippen molar-refractivity contribution in [3.63, 3.8) is 0 Å². The van der Waals surface area contributed by atoms with Crippen LogP contribution < -0.4 is 16.0 Å². The van der Waals surface area contributed by atoms with Crippen LogP contribution in [0.3, 0.4) is 0 Å². The van der Waals surface area contributed by atoms with Crippen LogP contribution in [0, 0.1) is 11.8 Å². The molecule has 1 aliphatic heterocycles. The maximum atomic E-state index is 15.0. The van der Waals surface area contributed by atoms with Crippen molar-refractivity contribution in [2.45, 2.75) is 45.2 Å². The van der Waals surface area contributed by atoms with E-state index in [1.807, 2.05) is 25.3 Å². The van der Waals surface area contributed by atoms with E-state index in [1.54, 1.807) is 24.5 Å². The van der Waals surface area contributed by atoms with Crippen molar-refractivity contribution in [3.05, 3.63) is 54.6 Å². The number of aromatic nitrogens is 5. The normalized spacial score (nSPS) is 18.3. The van der Waals surface area contributed by atoms with Gasteiger partial charge in [0.15, 0.2) is 0 Å². The summed E-state index contributed by atoms with van der Waals surface area (Å²) in [5.41, 5.74) is 7.58. The quantitative estimate of drug-likeness (QED) is 0.398. The summed E-state index contributed by atoms with van der Waals surface area (Å²) in [5.74, 6) is -1.29. The smallest absolute Gasteiger partial charge is 0.241 e. The molecule has 3 N–H and O–H groups in total. The Balaban J connectivity index is 1.40. The third-order valence-corrected chi connectivity index (χ3v) is 6.27. The van der Waals surface area contributed by atoms with Gasteiger partial charge in [0.05, 0.1) is 28.9 Å². The summed E-state index contributed by atoms with van der Waals surface area (Å²) in [7, 11) is 0. The van der Waals surface area contributed by atoms with E-state index in [-0.39, 0.29) is 35.5 Å². The number of imidazole rings is 1. The van der Waals surface area contributed by atoms with Crippen molar-refractivity contribution in [1.82, 2.24) is 24.5 Å². The Kier molecular flexibility index (Phi) is 5.87. The van der Waals surface area contributed by atoms with E-state index in [0.717, 1.165) is 0 Å². The summed E-state index contributed by atoms with van der Waals surface area (Å²) in [6, 6.07) is 7.87. The molecule has 5 rings (SSSR count). The van der Waals surface area contributed by atoms with E-state index in [1.165, 1.54) is 23.2 Å². The van der Waals surface area contributed by atoms with E-state index in [9.17, 15) is 13.6 Å². The summed E-state index contributed by atoms with van der Waals surface area (Å²) in [6.07, 6.45) is 3.89. The Morgan fingerprint density at radius 3 is 2.64 bits per heavy atom. The number of fused-ring (bicyclic) bond motifs is 1. The molecule has 1 atom stereocenters. The monoisotopic (exact) mass is 492 g/mol. The first-order chi connectivity index (χ1) is 17.1. The maximum Gasteiger partial charge on any atom is 0.241 e. The van der Waals surface area contributed by atoms with Gasteiger partial charge in [-0.3, -0.25) is 4.79 Å². The number of hydrogen-bond acceptors (Lipinski definition) is 7. The fourth-order valence-corrected chi connectivity index (χ4v) is 4.29. The highest BCUT2D eigenvalue weighted by Crippen LogP contribution is 2.30. The third kappa shape index (κ3) is 4.49. The molecule has 4 heterocycles. The molecular weight excluding hydrogens is 466 g/mol. The summed E-state index contributed by atoms with van der Waals surface area (Å²) in [5, 5.41) is 2.85. The number of pyridine rings is 1. The predicted octanol–water partition coefficient (Wildman–Crippen LogP) is 4.34. The highest BCUT2D eigenvalue weighted by molar-refractivity contribution is 5.95. The Hall–Kier alpha value is -3.99. The molecular formula is C25H26F2N8O. The average molecular weight is 493 g/mol. The van der Waals surface area contributed by atoms with Gasteiger partial charge >= 0.3 is 0 Å². The van der Waals surface area contributed by atoms with Crippen LogP contribution in [0.2, 0.25) is 0 Å². The molecule has 0 bridgehead atoms. The average Bonchev–Trinajstić information content (AvgIpc) is 3.25. The first kappa shape index (κ1) is 23.7. The molecule has 11 heteroatoms. The number of amides is 1. The van der Waals surface area contributed by atoms with Gasteiger partial charge in [-0.15, -0.1) is 0 Å². The minimum Gasteiger partial charge on any atom is -0.328 e. The zero-order chi connectivity index (χ0) is 25.6. The van der Waals surface area contributed by atoms with Crippen LogP contribution in [0.5, 0.6) is 0 Å². The molecule has 1 aromatic carbocycles. The maximum absolute atomic E-state index is 15.0. The van der Waals surface area contributed by atoms with Crippen LogP contribution in [-0.2, 0) is 4.79 Å². The molecule has 0 spiro atoms. The number of rotatable bonds is 5. The number of halogens is 2. The molecule has 1 saturated heterocycles. The SMILES string of the molecule is CC(C)n1cnc2c(F)nc(-c3ccnc(Nc4ccc(N5CCC(C)(N)CC5=O)cc4F)n3)cc21. The summed E-state index contributed by atoms with van der Waals surface area (Å²) in [6.45, 7) is 6.21. The molecule has 9 nitrogen and oxygen atoms in total. The van der Waals surface area contributed by atoms with Crippen LogP contribution in [0.25, 0.3) is 22.4 Å². The van der Waals surface area contributed by atoms with Crippen molar-refractivity contribution in [2.75, 3.05) is 16.8 Å². The zero-order valence-corrected chi connectivity index (χ0v) is 20.2. The molecule has 186 valence electrons. The van der Waals surface area contributed by atoms with Gasteiger partial charge in [0.1, 0.15) is 11.3 Å². The lowest BCUT2D eigenvalue weighted by Gasteiger charge is -2.36. The molecule has 3 aromatic heterocycles. The van der Waals surface area contributed by atoms with Crippen molar-refractivity contribution < 1.29 is 13.6 Å². The lowest BCUT2D eigenvalue weighted by molar-refractivity contribution is -0.120. The summed E-state index contributed by atoms with van der Waals surface area (Å²) < 4.78 is 31.4. The lowest BCUT2D eigenvalue weighted by Crippen LogP contribution is -2.51. The van der Waals surface area contributed by atoms with Gasteiger partial charge in [0.25, 0.3) is 0 Å². The number of carbonyl (C=O) groups is 1. The van der Waals surface area contributed by atoms with Crippen molar-refractivity contribution in [1.29, 1.82) is 0 Å². The van der Waals surface area contributed by atoms with Crippen molar-refractivity contribution in [2.24, 2.45) is 5.73 Å². The Morgan fingerprint density at radius 1 is 1.11 bits per heavy atom. The fourth-order valence-electron chi connectivity index (χ4n) is 4.29. The number of nitrogens with zero attached hydrogens (tertiary/aromatic N) is 6. The Morgan fingerprint density at radius 2 is 1.92 bits per heavy atom. The molecule has 1 amide bonds. The van der Waals surface area contributed by atoms with Crippen LogP contribution >= 0.6 is 0 Å². The Bertz CT molecular complexity index is 1470. The first-order valence-electron chi connectivity index (χ1n) is 11.6. The molecule has 1 aliphatic rings. The van der Waals surface area contributed by atoms with Gasteiger partial charge in [0, 0.05) is 36.4 Å². The minimum absolute atomic E-state index is 0.0817. The molecule has 36 heavy (non-hydrogen) atoms. The standard InChI is InChI=1S/C25H26F2N8O/c1-14(2)35-13-30-22-20(35)11-19(31-23(22)27)18-6-8-29-24(33-18)32-17-5-4-15(10-16(17)26)34-9-7-25(3,28)12-21(34)36/h4-6,8,10-11,13-14H,7,9,12,28H2,1-3H3,(H,29,32,33). The summed E-state index contributed by atoms with van der Waals surface area (Å²) in [4.78, 5) is 30.7. The van der Waals surface area contributed by atoms with E-state index in [0.29, 0.717) is 35.6 Å². The second-order valence-corrected chi connectivity index (χ2v) is 9.59. The topological polar surface area (TPSA) is 115 Å².